The Morgan fingerprint density at radius 3 is 2.95 bits per heavy atom. The summed E-state index contributed by atoms with van der Waals surface area (Å²) in [6, 6.07) is 0. The minimum atomic E-state index is -2.02. The second-order valence-electron chi connectivity index (χ2n) is 7.79. The van der Waals surface area contributed by atoms with Gasteiger partial charge in [0.2, 0.25) is 0 Å². The Labute approximate surface area is 131 Å². The van der Waals surface area contributed by atoms with Crippen LogP contribution in [0.2, 0.25) is 0 Å². The molecule has 0 aromatic heterocycles. The van der Waals surface area contributed by atoms with Crippen molar-refractivity contribution in [3.8, 4) is 0 Å². The van der Waals surface area contributed by atoms with E-state index in [0.29, 0.717) is 18.3 Å². The van der Waals surface area contributed by atoms with Gasteiger partial charge in [0.15, 0.2) is 5.78 Å². The van der Waals surface area contributed by atoms with Crippen LogP contribution in [0.15, 0.2) is 23.8 Å². The van der Waals surface area contributed by atoms with Gasteiger partial charge in [-0.05, 0) is 73.8 Å². The fourth-order valence-electron chi connectivity index (χ4n) is 5.60. The van der Waals surface area contributed by atoms with Crippen LogP contribution in [0.25, 0.3) is 0 Å². The molecule has 0 bridgehead atoms. The van der Waals surface area contributed by atoms with Crippen LogP contribution in [-0.2, 0) is 4.79 Å². The molecule has 2 nitrogen and oxygen atoms in total. The summed E-state index contributed by atoms with van der Waals surface area (Å²) in [5, 5.41) is 10.7. The SMILES string of the molecule is [2H]C1([2H])C[C@H]2[C@@H]3CCC4=CC(=O)C=C[C@]4(C)[C@H]3CC[C@]2(C)[C@]1([2H])O. The minimum Gasteiger partial charge on any atom is -0.393 e. The lowest BCUT2D eigenvalue weighted by molar-refractivity contribution is -0.111. The molecule has 0 aliphatic heterocycles. The molecule has 4 rings (SSSR count). The van der Waals surface area contributed by atoms with Gasteiger partial charge in [0.1, 0.15) is 0 Å². The molecule has 0 radical (unpaired) electrons. The van der Waals surface area contributed by atoms with Gasteiger partial charge in [0.05, 0.1) is 7.45 Å². The zero-order valence-corrected chi connectivity index (χ0v) is 12.9. The molecule has 4 aliphatic rings. The maximum Gasteiger partial charge on any atom is 0.178 e. The van der Waals surface area contributed by atoms with Crippen LogP contribution in [0.1, 0.15) is 56.4 Å². The molecule has 0 aromatic carbocycles. The first-order chi connectivity index (χ1) is 11.0. The third-order valence-corrected chi connectivity index (χ3v) is 6.98. The Hall–Kier alpha value is -0.890. The number of rotatable bonds is 0. The van der Waals surface area contributed by atoms with Gasteiger partial charge in [-0.1, -0.05) is 25.5 Å². The van der Waals surface area contributed by atoms with E-state index in [1.165, 1.54) is 5.57 Å². The fourth-order valence-corrected chi connectivity index (χ4v) is 5.60. The second kappa shape index (κ2) is 4.32. The summed E-state index contributed by atoms with van der Waals surface area (Å²) in [4.78, 5) is 11.8. The Morgan fingerprint density at radius 2 is 2.14 bits per heavy atom. The maximum absolute atomic E-state index is 11.8. The lowest BCUT2D eigenvalue weighted by Gasteiger charge is -2.56. The number of carbonyl (C=O) groups is 1. The topological polar surface area (TPSA) is 37.3 Å². The first kappa shape index (κ1) is 10.8. The quantitative estimate of drug-likeness (QED) is 0.739. The molecule has 0 heterocycles. The summed E-state index contributed by atoms with van der Waals surface area (Å²) in [7, 11) is 0. The molecule has 114 valence electrons. The van der Waals surface area contributed by atoms with Gasteiger partial charge >= 0.3 is 0 Å². The molecule has 21 heavy (non-hydrogen) atoms. The van der Waals surface area contributed by atoms with E-state index in [2.05, 4.69) is 13.0 Å². The number of hydrogen-bond donors (Lipinski definition) is 1. The van der Waals surface area contributed by atoms with Crippen LogP contribution in [0.3, 0.4) is 0 Å². The van der Waals surface area contributed by atoms with Gasteiger partial charge < -0.3 is 5.11 Å². The Bertz CT molecular complexity index is 666. The van der Waals surface area contributed by atoms with Crippen LogP contribution in [-0.4, -0.2) is 17.0 Å². The largest absolute Gasteiger partial charge is 0.393 e. The van der Waals surface area contributed by atoms with E-state index in [1.54, 1.807) is 12.2 Å². The average Bonchev–Trinajstić information content (AvgIpc) is 2.64. The molecule has 6 atom stereocenters. The summed E-state index contributed by atoms with van der Waals surface area (Å²) in [5.74, 6) is 0.764. The van der Waals surface area contributed by atoms with Gasteiger partial charge in [0, 0.05) is 8.16 Å². The molecule has 1 N–H and O–H groups in total. The van der Waals surface area contributed by atoms with Gasteiger partial charge in [-0.15, -0.1) is 0 Å². The van der Waals surface area contributed by atoms with Crippen LogP contribution in [0.5, 0.6) is 0 Å². The molecule has 3 fully saturated rings. The summed E-state index contributed by atoms with van der Waals surface area (Å²) in [5.41, 5.74) is 0.388. The van der Waals surface area contributed by atoms with Crippen LogP contribution in [0, 0.1) is 28.6 Å². The summed E-state index contributed by atoms with van der Waals surface area (Å²) < 4.78 is 24.8. The Morgan fingerprint density at radius 1 is 1.33 bits per heavy atom. The summed E-state index contributed by atoms with van der Waals surface area (Å²) in [6.07, 6.45) is 5.24. The standard InChI is InChI=1S/C19H26O2/c1-18-9-7-13(20)11-12(18)3-4-14-15-5-6-17(21)19(15,2)10-8-16(14)18/h7,9,11,14-17,21H,3-6,8,10H2,1-2H3/t14-,15-,16-,17+,18-,19-/m0/s1/i6D2,17D. The molecule has 0 spiro atoms. The molecule has 3 saturated carbocycles. The van der Waals surface area contributed by atoms with Crippen molar-refractivity contribution in [2.45, 2.75) is 58.4 Å². The lowest BCUT2D eigenvalue weighted by Crippen LogP contribution is -2.50. The highest BCUT2D eigenvalue weighted by atomic mass is 16.3. The number of allylic oxidation sites excluding steroid dienone is 4. The number of fused-ring (bicyclic) bond motifs is 5. The van der Waals surface area contributed by atoms with Crippen LogP contribution < -0.4 is 0 Å². The van der Waals surface area contributed by atoms with Crippen molar-refractivity contribution in [1.29, 1.82) is 0 Å². The van der Waals surface area contributed by atoms with Crippen molar-refractivity contribution in [1.82, 2.24) is 0 Å². The normalized spacial score (nSPS) is 60.0. The zero-order chi connectivity index (χ0) is 17.5. The first-order valence-corrected chi connectivity index (χ1v) is 8.20. The van der Waals surface area contributed by atoms with E-state index in [4.69, 9.17) is 4.11 Å². The van der Waals surface area contributed by atoms with E-state index < -0.39 is 17.9 Å². The molecular weight excluding hydrogens is 260 g/mol. The smallest absolute Gasteiger partial charge is 0.178 e. The maximum atomic E-state index is 11.8. The van der Waals surface area contributed by atoms with E-state index in [1.807, 2.05) is 6.92 Å². The fraction of sp³-hybridized carbons (Fsp3) is 0.737. The summed E-state index contributed by atoms with van der Waals surface area (Å²) in [6.45, 7) is 4.12. The van der Waals surface area contributed by atoms with Crippen molar-refractivity contribution in [3.05, 3.63) is 23.8 Å². The molecule has 4 aliphatic carbocycles. The van der Waals surface area contributed by atoms with E-state index >= 15 is 0 Å². The zero-order valence-electron chi connectivity index (χ0n) is 15.9. The van der Waals surface area contributed by atoms with E-state index in [0.717, 1.165) is 19.3 Å². The average molecular weight is 289 g/mol. The highest BCUT2D eigenvalue weighted by Crippen LogP contribution is 2.64. The molecule has 0 saturated heterocycles. The number of ketones is 1. The van der Waals surface area contributed by atoms with Crippen LogP contribution >= 0.6 is 0 Å². The van der Waals surface area contributed by atoms with Crippen molar-refractivity contribution in [2.24, 2.45) is 28.6 Å². The Kier molecular flexibility index (Phi) is 2.21. The first-order valence-electron chi connectivity index (χ1n) is 9.70. The molecular formula is C19H26O2. The lowest BCUT2D eigenvalue weighted by atomic mass is 9.48. The molecule has 0 aromatic rings. The second-order valence-corrected chi connectivity index (χ2v) is 7.79. The predicted octanol–water partition coefficient (Wildman–Crippen LogP) is 3.66. The van der Waals surface area contributed by atoms with Gasteiger partial charge in [0.25, 0.3) is 0 Å². The van der Waals surface area contributed by atoms with Crippen molar-refractivity contribution < 1.29 is 14.0 Å². The third-order valence-electron chi connectivity index (χ3n) is 6.98. The van der Waals surface area contributed by atoms with Gasteiger partial charge in [-0.2, -0.15) is 0 Å². The van der Waals surface area contributed by atoms with Crippen molar-refractivity contribution in [2.75, 3.05) is 0 Å². The molecule has 0 amide bonds. The number of carbonyl (C=O) groups excluding carboxylic acids is 1. The third kappa shape index (κ3) is 1.72. The highest BCUT2D eigenvalue weighted by Gasteiger charge is 2.58. The van der Waals surface area contributed by atoms with Gasteiger partial charge in [-0.25, -0.2) is 0 Å². The highest BCUT2D eigenvalue weighted by molar-refractivity contribution is 6.01. The Balaban J connectivity index is 1.74. The summed E-state index contributed by atoms with van der Waals surface area (Å²) >= 11 is 0. The number of aliphatic hydroxyl groups is 1. The molecule has 0 unspecified atom stereocenters. The van der Waals surface area contributed by atoms with Gasteiger partial charge in [-0.3, -0.25) is 4.79 Å². The van der Waals surface area contributed by atoms with Crippen molar-refractivity contribution in [3.63, 3.8) is 0 Å². The van der Waals surface area contributed by atoms with Crippen LogP contribution in [0.4, 0.5) is 0 Å². The minimum absolute atomic E-state index is 0.0261. The molecule has 2 heteroatoms. The predicted molar refractivity (Wildman–Crippen MR) is 82.6 cm³/mol. The number of hydrogen-bond acceptors (Lipinski definition) is 2. The van der Waals surface area contributed by atoms with Crippen molar-refractivity contribution >= 4 is 5.78 Å². The monoisotopic (exact) mass is 289 g/mol. The van der Waals surface area contributed by atoms with E-state index in [-0.39, 0.29) is 23.5 Å². The van der Waals surface area contributed by atoms with E-state index in [9.17, 15) is 9.90 Å².